The molecule has 19 heavy (non-hydrogen) atoms. The summed E-state index contributed by atoms with van der Waals surface area (Å²) >= 11 is 0. The zero-order valence-electron chi connectivity index (χ0n) is 12.8. The number of nitrogens with zero attached hydrogens (tertiary/aromatic N) is 2. The Morgan fingerprint density at radius 1 is 1.32 bits per heavy atom. The molecular formula is C16H27N3. The predicted octanol–water partition coefficient (Wildman–Crippen LogP) is 3.17. The van der Waals surface area contributed by atoms with Crippen molar-refractivity contribution in [2.75, 3.05) is 18.0 Å². The number of hydrogen-bond acceptors (Lipinski definition) is 3. The molecular weight excluding hydrogens is 234 g/mol. The third kappa shape index (κ3) is 2.62. The highest BCUT2D eigenvalue weighted by Crippen LogP contribution is 2.39. The second-order valence-corrected chi connectivity index (χ2v) is 5.97. The average molecular weight is 261 g/mol. The summed E-state index contributed by atoms with van der Waals surface area (Å²) in [7, 11) is 0. The average Bonchev–Trinajstić information content (AvgIpc) is 2.83. The largest absolute Gasteiger partial charge is 0.356 e. The summed E-state index contributed by atoms with van der Waals surface area (Å²) in [6.45, 7) is 11.7. The molecule has 0 bridgehead atoms. The van der Waals surface area contributed by atoms with E-state index in [9.17, 15) is 0 Å². The van der Waals surface area contributed by atoms with Gasteiger partial charge in [0, 0.05) is 30.9 Å². The second kappa shape index (κ2) is 5.49. The minimum Gasteiger partial charge on any atom is -0.356 e. The van der Waals surface area contributed by atoms with Gasteiger partial charge in [0.15, 0.2) is 0 Å². The maximum Gasteiger partial charge on any atom is 0.133 e. The van der Waals surface area contributed by atoms with E-state index in [1.165, 1.54) is 30.4 Å². The summed E-state index contributed by atoms with van der Waals surface area (Å²) in [6, 6.07) is 2.13. The molecule has 2 heterocycles. The maximum absolute atomic E-state index is 5.94. The van der Waals surface area contributed by atoms with Gasteiger partial charge < -0.3 is 10.6 Å². The Morgan fingerprint density at radius 3 is 2.53 bits per heavy atom. The summed E-state index contributed by atoms with van der Waals surface area (Å²) in [5.74, 6) is 1.13. The van der Waals surface area contributed by atoms with E-state index in [-0.39, 0.29) is 0 Å². The van der Waals surface area contributed by atoms with E-state index < -0.39 is 0 Å². The highest BCUT2D eigenvalue weighted by molar-refractivity contribution is 5.52. The number of rotatable bonds is 4. The van der Waals surface area contributed by atoms with Crippen molar-refractivity contribution >= 4 is 5.82 Å². The lowest BCUT2D eigenvalue weighted by atomic mass is 9.82. The lowest BCUT2D eigenvalue weighted by molar-refractivity contribution is 0.301. The predicted molar refractivity (Wildman–Crippen MR) is 81.4 cm³/mol. The van der Waals surface area contributed by atoms with Gasteiger partial charge in [-0.2, -0.15) is 0 Å². The van der Waals surface area contributed by atoms with Crippen LogP contribution in [0.15, 0.2) is 6.07 Å². The second-order valence-electron chi connectivity index (χ2n) is 5.97. The molecule has 0 spiro atoms. The van der Waals surface area contributed by atoms with Crippen molar-refractivity contribution in [2.24, 2.45) is 11.1 Å². The van der Waals surface area contributed by atoms with Crippen LogP contribution in [0.25, 0.3) is 0 Å². The smallest absolute Gasteiger partial charge is 0.133 e. The first kappa shape index (κ1) is 14.3. The summed E-state index contributed by atoms with van der Waals surface area (Å²) in [4.78, 5) is 7.22. The van der Waals surface area contributed by atoms with Crippen molar-refractivity contribution in [3.63, 3.8) is 0 Å². The van der Waals surface area contributed by atoms with E-state index >= 15 is 0 Å². The van der Waals surface area contributed by atoms with Gasteiger partial charge in [0.05, 0.1) is 0 Å². The van der Waals surface area contributed by atoms with E-state index in [2.05, 4.69) is 38.7 Å². The summed E-state index contributed by atoms with van der Waals surface area (Å²) in [5.41, 5.74) is 10.00. The Morgan fingerprint density at radius 2 is 2.00 bits per heavy atom. The molecule has 0 unspecified atom stereocenters. The topological polar surface area (TPSA) is 42.2 Å². The lowest BCUT2D eigenvalue weighted by Gasteiger charge is -2.28. The molecule has 1 saturated heterocycles. The first-order chi connectivity index (χ1) is 9.05. The van der Waals surface area contributed by atoms with E-state index in [4.69, 9.17) is 10.7 Å². The third-order valence-electron chi connectivity index (χ3n) is 4.90. The third-order valence-corrected chi connectivity index (χ3v) is 4.90. The highest BCUT2D eigenvalue weighted by Gasteiger charge is 2.36. The van der Waals surface area contributed by atoms with Crippen molar-refractivity contribution < 1.29 is 0 Å². The van der Waals surface area contributed by atoms with Gasteiger partial charge in [0.1, 0.15) is 5.82 Å². The van der Waals surface area contributed by atoms with Gasteiger partial charge in [-0.05, 0) is 50.2 Å². The van der Waals surface area contributed by atoms with E-state index in [0.29, 0.717) is 12.0 Å². The molecule has 0 atom stereocenters. The molecule has 106 valence electrons. The van der Waals surface area contributed by atoms with Gasteiger partial charge >= 0.3 is 0 Å². The standard InChI is InChI=1S/C16H27N3/c1-5-16(6-2)7-8-19(11-16)15-14(10-17)12(3)9-13(4)18-15/h9H,5-8,10-11,17H2,1-4H3. The van der Waals surface area contributed by atoms with Crippen LogP contribution in [-0.2, 0) is 6.54 Å². The monoisotopic (exact) mass is 261 g/mol. The first-order valence-electron chi connectivity index (χ1n) is 7.47. The number of hydrogen-bond donors (Lipinski definition) is 1. The van der Waals surface area contributed by atoms with Gasteiger partial charge in [-0.25, -0.2) is 4.98 Å². The fourth-order valence-corrected chi connectivity index (χ4v) is 3.30. The SMILES string of the molecule is CCC1(CC)CCN(c2nc(C)cc(C)c2CN)C1. The number of aryl methyl sites for hydroxylation is 2. The Hall–Kier alpha value is -1.09. The quantitative estimate of drug-likeness (QED) is 0.905. The molecule has 1 aliphatic rings. The molecule has 3 nitrogen and oxygen atoms in total. The lowest BCUT2D eigenvalue weighted by Crippen LogP contribution is -2.28. The molecule has 1 fully saturated rings. The van der Waals surface area contributed by atoms with Crippen LogP contribution < -0.4 is 10.6 Å². The minimum atomic E-state index is 0.477. The van der Waals surface area contributed by atoms with E-state index in [0.717, 1.165) is 24.6 Å². The molecule has 0 radical (unpaired) electrons. The Bertz CT molecular complexity index is 450. The molecule has 2 rings (SSSR count). The van der Waals surface area contributed by atoms with Crippen LogP contribution in [0.2, 0.25) is 0 Å². The van der Waals surface area contributed by atoms with Crippen LogP contribution in [0.3, 0.4) is 0 Å². The van der Waals surface area contributed by atoms with Crippen LogP contribution in [-0.4, -0.2) is 18.1 Å². The molecule has 0 amide bonds. The van der Waals surface area contributed by atoms with E-state index in [1.807, 2.05) is 0 Å². The molecule has 1 aromatic heterocycles. The Labute approximate surface area is 117 Å². The highest BCUT2D eigenvalue weighted by atomic mass is 15.2. The Kier molecular flexibility index (Phi) is 4.14. The molecule has 3 heteroatoms. The van der Waals surface area contributed by atoms with Crippen LogP contribution in [0, 0.1) is 19.3 Å². The van der Waals surface area contributed by atoms with Crippen LogP contribution in [0.1, 0.15) is 49.9 Å². The molecule has 1 aliphatic heterocycles. The van der Waals surface area contributed by atoms with Gasteiger partial charge in [-0.1, -0.05) is 13.8 Å². The zero-order chi connectivity index (χ0) is 14.0. The molecule has 1 aromatic rings. The van der Waals surface area contributed by atoms with Crippen molar-refractivity contribution in [3.05, 3.63) is 22.9 Å². The van der Waals surface area contributed by atoms with Crippen molar-refractivity contribution in [2.45, 2.75) is 53.5 Å². The van der Waals surface area contributed by atoms with E-state index in [1.54, 1.807) is 0 Å². The number of anilines is 1. The van der Waals surface area contributed by atoms with Crippen LogP contribution >= 0.6 is 0 Å². The van der Waals surface area contributed by atoms with Crippen molar-refractivity contribution in [1.82, 2.24) is 4.98 Å². The van der Waals surface area contributed by atoms with Crippen molar-refractivity contribution in [1.29, 1.82) is 0 Å². The van der Waals surface area contributed by atoms with Gasteiger partial charge in [-0.3, -0.25) is 0 Å². The minimum absolute atomic E-state index is 0.477. The summed E-state index contributed by atoms with van der Waals surface area (Å²) in [6.07, 6.45) is 3.78. The number of aromatic nitrogens is 1. The molecule has 2 N–H and O–H groups in total. The maximum atomic E-state index is 5.94. The molecule has 0 saturated carbocycles. The summed E-state index contributed by atoms with van der Waals surface area (Å²) < 4.78 is 0. The first-order valence-corrected chi connectivity index (χ1v) is 7.47. The fraction of sp³-hybridized carbons (Fsp3) is 0.688. The Balaban J connectivity index is 2.33. The normalized spacial score (nSPS) is 18.1. The molecule has 0 aliphatic carbocycles. The zero-order valence-corrected chi connectivity index (χ0v) is 12.8. The number of pyridine rings is 1. The fourth-order valence-electron chi connectivity index (χ4n) is 3.30. The summed E-state index contributed by atoms with van der Waals surface area (Å²) in [5, 5.41) is 0. The van der Waals surface area contributed by atoms with Crippen molar-refractivity contribution in [3.8, 4) is 0 Å². The number of nitrogens with two attached hydrogens (primary N) is 1. The van der Waals surface area contributed by atoms with Gasteiger partial charge in [0.2, 0.25) is 0 Å². The van der Waals surface area contributed by atoms with Gasteiger partial charge in [-0.15, -0.1) is 0 Å². The molecule has 0 aromatic carbocycles. The van der Waals surface area contributed by atoms with Gasteiger partial charge in [0.25, 0.3) is 0 Å². The van der Waals surface area contributed by atoms with Crippen LogP contribution in [0.5, 0.6) is 0 Å². The van der Waals surface area contributed by atoms with Crippen LogP contribution in [0.4, 0.5) is 5.82 Å².